The predicted molar refractivity (Wildman–Crippen MR) is 62.9 cm³/mol. The molecule has 29 heavy (non-hydrogen) atoms. The Morgan fingerprint density at radius 2 is 0.483 bits per heavy atom. The first kappa shape index (κ1) is 38.0. The van der Waals surface area contributed by atoms with Crippen molar-refractivity contribution in [3.05, 3.63) is 0 Å². The van der Waals surface area contributed by atoms with Crippen molar-refractivity contribution in [1.29, 1.82) is 0 Å². The molecule has 0 aromatic heterocycles. The van der Waals surface area contributed by atoms with Crippen molar-refractivity contribution in [2.24, 2.45) is 0 Å². The van der Waals surface area contributed by atoms with Gasteiger partial charge >= 0.3 is 51.2 Å². The predicted octanol–water partition coefficient (Wildman–Crippen LogP) is -10.9. The van der Waals surface area contributed by atoms with E-state index in [4.69, 9.17) is 0 Å². The Morgan fingerprint density at radius 3 is 0.552 bits per heavy atom. The Morgan fingerprint density at radius 1 is 0.379 bits per heavy atom. The fraction of sp³-hybridized carbons (Fsp3) is 0.500. The fourth-order valence-corrected chi connectivity index (χ4v) is 1.43. The van der Waals surface area contributed by atoms with Gasteiger partial charge in [0.25, 0.3) is 0 Å². The van der Waals surface area contributed by atoms with Gasteiger partial charge in [0.2, 0.25) is 0 Å². The van der Waals surface area contributed by atoms with E-state index in [1.165, 1.54) is 0 Å². The average Bonchev–Trinajstić information content (AvgIpc) is 2.33. The van der Waals surface area contributed by atoms with Crippen molar-refractivity contribution in [2.45, 2.75) is 0 Å². The third-order valence-corrected chi connectivity index (χ3v) is 2.12. The number of carboxylic acids is 6. The van der Waals surface area contributed by atoms with Crippen LogP contribution in [-0.4, -0.2) is 84.9 Å². The second-order valence-corrected chi connectivity index (χ2v) is 4.52. The van der Waals surface area contributed by atoms with Gasteiger partial charge in [-0.1, -0.05) is 0 Å². The summed E-state index contributed by atoms with van der Waals surface area (Å²) in [5.74, 6) is -9.40. The molecule has 0 aromatic carbocycles. The van der Waals surface area contributed by atoms with E-state index in [1.54, 1.807) is 0 Å². The number of aliphatic carboxylic acids is 6. The van der Waals surface area contributed by atoms with Gasteiger partial charge in [-0.3, -0.25) is 9.80 Å². The smallest absolute Gasteiger partial charge is 0.549 e. The summed E-state index contributed by atoms with van der Waals surface area (Å²) in [5.41, 5.74) is 0. The summed E-state index contributed by atoms with van der Waals surface area (Å²) in [5, 5.41) is 60.0. The molecule has 0 aliphatic rings. The van der Waals surface area contributed by atoms with Gasteiger partial charge in [0.1, 0.15) is 0 Å². The fourth-order valence-electron chi connectivity index (χ4n) is 1.43. The largest absolute Gasteiger partial charge is 2.00 e. The van der Waals surface area contributed by atoms with Crippen molar-refractivity contribution in [3.63, 3.8) is 0 Å². The molecule has 0 N–H and O–H groups in total. The van der Waals surface area contributed by atoms with E-state index in [0.717, 1.165) is 0 Å². The van der Waals surface area contributed by atoms with E-state index in [2.05, 4.69) is 0 Å². The molecule has 0 amide bonds. The minimum Gasteiger partial charge on any atom is -0.549 e. The van der Waals surface area contributed by atoms with Crippen LogP contribution >= 0.6 is 0 Å². The van der Waals surface area contributed by atoms with Crippen LogP contribution < -0.4 is 30.6 Å². The monoisotopic (exact) mass is 565 g/mol. The molecular weight excluding hydrogens is 555 g/mol. The van der Waals surface area contributed by atoms with Crippen LogP contribution in [0.3, 0.4) is 0 Å². The Balaban J connectivity index is -0.000000120. The van der Waals surface area contributed by atoms with Gasteiger partial charge in [0.05, 0.1) is 35.8 Å². The molecule has 0 heterocycles. The van der Waals surface area contributed by atoms with Crippen LogP contribution in [0.5, 0.6) is 0 Å². The summed E-state index contributed by atoms with van der Waals surface area (Å²) >= 11 is 0. The van der Waals surface area contributed by atoms with E-state index >= 15 is 0 Å². The number of carbonyl (C=O) groups is 6. The van der Waals surface area contributed by atoms with Crippen LogP contribution in [0.1, 0.15) is 0 Å². The number of hydrogen-bond acceptors (Lipinski definition) is 14. The average molecular weight is 567 g/mol. The van der Waals surface area contributed by atoms with Gasteiger partial charge < -0.3 is 59.4 Å². The molecule has 0 fully saturated rings. The summed E-state index contributed by atoms with van der Waals surface area (Å²) in [7, 11) is 0. The maximum absolute atomic E-state index is 9.99. The van der Waals surface area contributed by atoms with Crippen LogP contribution in [0.2, 0.25) is 0 Å². The number of carbonyl (C=O) groups excluding carboxylic acids is 6. The second-order valence-electron chi connectivity index (χ2n) is 4.52. The van der Waals surface area contributed by atoms with Gasteiger partial charge in [0.15, 0.2) is 0 Å². The number of hydrogen-bond donors (Lipinski definition) is 0. The van der Waals surface area contributed by atoms with Crippen LogP contribution in [0, 0.1) is 0 Å². The Bertz CT molecular complexity index is 436. The van der Waals surface area contributed by atoms with Crippen LogP contribution in [0.25, 0.3) is 0 Å². The molecule has 0 aromatic rings. The minimum absolute atomic E-state index is 0. The molecule has 0 saturated carbocycles. The van der Waals surface area contributed by atoms with Crippen LogP contribution in [-0.2, 0) is 80.0 Å². The molecule has 0 aliphatic carbocycles. The van der Waals surface area contributed by atoms with E-state index < -0.39 is 75.1 Å². The summed E-state index contributed by atoms with van der Waals surface area (Å²) in [4.78, 5) is 61.2. The Hall–Kier alpha value is -1.70. The Kier molecular flexibility index (Phi) is 27.5. The van der Waals surface area contributed by atoms with E-state index in [-0.39, 0.29) is 51.2 Å². The molecular formula is C12H12Cu3N2O12. The third-order valence-electron chi connectivity index (χ3n) is 2.12. The molecule has 0 spiro atoms. The summed E-state index contributed by atoms with van der Waals surface area (Å²) < 4.78 is 0. The first-order valence-corrected chi connectivity index (χ1v) is 6.47. The number of carboxylic acid groups (broad SMARTS) is 6. The van der Waals surface area contributed by atoms with E-state index in [0.29, 0.717) is 9.80 Å². The molecule has 14 nitrogen and oxygen atoms in total. The van der Waals surface area contributed by atoms with Gasteiger partial charge in [-0.2, -0.15) is 0 Å². The number of nitrogens with zero attached hydrogens (tertiary/aromatic N) is 2. The molecule has 3 radical (unpaired) electrons. The molecule has 0 rings (SSSR count). The topological polar surface area (TPSA) is 247 Å². The molecule has 0 aliphatic heterocycles. The maximum Gasteiger partial charge on any atom is 2.00 e. The normalized spacial score (nSPS) is 8.90. The summed E-state index contributed by atoms with van der Waals surface area (Å²) in [6.45, 7) is -4.74. The first-order chi connectivity index (χ1) is 11.8. The van der Waals surface area contributed by atoms with Gasteiger partial charge in [0, 0.05) is 39.3 Å². The van der Waals surface area contributed by atoms with Gasteiger partial charge in [-0.25, -0.2) is 0 Å². The minimum atomic E-state index is -1.57. The van der Waals surface area contributed by atoms with Crippen molar-refractivity contribution in [1.82, 2.24) is 9.80 Å². The quantitative estimate of drug-likeness (QED) is 0.199. The molecule has 0 bridgehead atoms. The van der Waals surface area contributed by atoms with Crippen molar-refractivity contribution in [3.8, 4) is 0 Å². The SMILES string of the molecule is O=C([O-])CN(CC(=O)[O-])CC(=O)[O-].O=C([O-])CN(CC(=O)[O-])CC(=O)[O-].[Cu+2].[Cu+2].[Cu+2]. The zero-order valence-corrected chi connectivity index (χ0v) is 16.8. The third kappa shape index (κ3) is 31.2. The molecule has 17 heteroatoms. The van der Waals surface area contributed by atoms with Crippen molar-refractivity contribution >= 4 is 35.8 Å². The van der Waals surface area contributed by atoms with Crippen molar-refractivity contribution < 1.29 is 111 Å². The van der Waals surface area contributed by atoms with E-state index in [1.807, 2.05) is 0 Å². The molecule has 0 saturated heterocycles. The second kappa shape index (κ2) is 21.0. The van der Waals surface area contributed by atoms with Gasteiger partial charge in [-0.15, -0.1) is 0 Å². The maximum atomic E-state index is 9.99. The molecule has 175 valence electrons. The first-order valence-electron chi connectivity index (χ1n) is 6.47. The molecule has 0 atom stereocenters. The molecule has 0 unspecified atom stereocenters. The zero-order valence-electron chi connectivity index (χ0n) is 13.9. The van der Waals surface area contributed by atoms with Crippen molar-refractivity contribution in [2.75, 3.05) is 39.3 Å². The van der Waals surface area contributed by atoms with Crippen LogP contribution in [0.4, 0.5) is 0 Å². The van der Waals surface area contributed by atoms with Crippen LogP contribution in [0.15, 0.2) is 0 Å². The van der Waals surface area contributed by atoms with Gasteiger partial charge in [-0.05, 0) is 0 Å². The standard InChI is InChI=1S/2C6H9NO6.3Cu/c2*8-4(9)1-7(2-5(10)11)3-6(12)13;;;/h2*1-3H2,(H,8,9)(H,10,11)(H,12,13);;;/q;;3*+2/p-6. The summed E-state index contributed by atoms with van der Waals surface area (Å²) in [6, 6.07) is 0. The zero-order chi connectivity index (χ0) is 20.9. The Labute approximate surface area is 195 Å². The summed E-state index contributed by atoms with van der Waals surface area (Å²) in [6.07, 6.45) is 0. The van der Waals surface area contributed by atoms with E-state index in [9.17, 15) is 59.4 Å². The number of rotatable bonds is 12.